The van der Waals surface area contributed by atoms with Crippen molar-refractivity contribution < 1.29 is 19.1 Å². The van der Waals surface area contributed by atoms with Crippen LogP contribution in [0.15, 0.2) is 29.2 Å². The number of fused-ring (bicyclic) bond motifs is 3. The Hall–Kier alpha value is -2.22. The van der Waals surface area contributed by atoms with Gasteiger partial charge < -0.3 is 15.4 Å². The molecule has 2 aliphatic heterocycles. The van der Waals surface area contributed by atoms with E-state index in [1.807, 2.05) is 24.3 Å². The highest BCUT2D eigenvalue weighted by molar-refractivity contribution is 8.02. The number of nitrogens with one attached hydrogen (secondary N) is 2. The molecule has 1 fully saturated rings. The number of anilines is 1. The summed E-state index contributed by atoms with van der Waals surface area (Å²) in [5.74, 6) is -0.250. The van der Waals surface area contributed by atoms with E-state index in [1.165, 1.54) is 11.8 Å². The number of rotatable bonds is 4. The molecule has 2 aliphatic rings. The summed E-state index contributed by atoms with van der Waals surface area (Å²) >= 11 is 1.42. The topological polar surface area (TPSA) is 87.7 Å². The predicted octanol–water partition coefficient (Wildman–Crippen LogP) is 2.26. The third kappa shape index (κ3) is 3.51. The van der Waals surface area contributed by atoms with Gasteiger partial charge in [0.2, 0.25) is 5.91 Å². The maximum absolute atomic E-state index is 12.9. The van der Waals surface area contributed by atoms with Gasteiger partial charge in [-0.1, -0.05) is 23.9 Å². The van der Waals surface area contributed by atoms with Gasteiger partial charge in [0.15, 0.2) is 4.87 Å². The molecule has 0 aliphatic carbocycles. The van der Waals surface area contributed by atoms with Crippen molar-refractivity contribution in [2.45, 2.75) is 49.0 Å². The van der Waals surface area contributed by atoms with Gasteiger partial charge in [-0.25, -0.2) is 4.79 Å². The molecule has 0 radical (unpaired) electrons. The average molecular weight is 377 g/mol. The normalized spacial score (nSPS) is 21.2. The van der Waals surface area contributed by atoms with E-state index in [9.17, 15) is 14.4 Å². The first-order chi connectivity index (χ1) is 12.2. The van der Waals surface area contributed by atoms with Crippen molar-refractivity contribution >= 4 is 35.4 Å². The molecule has 2 heterocycles. The van der Waals surface area contributed by atoms with Crippen molar-refractivity contribution in [2.75, 3.05) is 18.0 Å². The lowest BCUT2D eigenvalue weighted by molar-refractivity contribution is -0.124. The molecular formula is C18H23N3O4S. The molecule has 3 amide bonds. The second-order valence-electron chi connectivity index (χ2n) is 7.27. The van der Waals surface area contributed by atoms with E-state index in [-0.39, 0.29) is 24.9 Å². The van der Waals surface area contributed by atoms with Crippen LogP contribution in [0.4, 0.5) is 10.5 Å². The molecule has 0 aromatic heterocycles. The van der Waals surface area contributed by atoms with Crippen LogP contribution in [0.3, 0.4) is 0 Å². The fourth-order valence-corrected chi connectivity index (χ4v) is 4.53. The van der Waals surface area contributed by atoms with Gasteiger partial charge >= 0.3 is 6.09 Å². The number of amides is 3. The van der Waals surface area contributed by atoms with Crippen LogP contribution < -0.4 is 15.5 Å². The Labute approximate surface area is 156 Å². The van der Waals surface area contributed by atoms with Gasteiger partial charge in [0.05, 0.1) is 5.69 Å². The standard InChI is InChI=1S/C18H23N3O4S/c1-17(2,3)25-16(24)20-11-10-19-15(23)18-9-8-14(22)21(18)12-6-4-5-7-13(12)26-18/h4-7H,8-11H2,1-3H3,(H,19,23)(H,20,24)/t18-/m0/s1. The molecule has 3 rings (SSSR count). The van der Waals surface area contributed by atoms with E-state index >= 15 is 0 Å². The molecule has 1 aromatic rings. The lowest BCUT2D eigenvalue weighted by Crippen LogP contribution is -2.53. The molecule has 2 N–H and O–H groups in total. The van der Waals surface area contributed by atoms with E-state index in [2.05, 4.69) is 10.6 Å². The van der Waals surface area contributed by atoms with Crippen molar-refractivity contribution in [1.29, 1.82) is 0 Å². The Morgan fingerprint density at radius 1 is 1.23 bits per heavy atom. The molecule has 0 saturated carbocycles. The molecule has 1 saturated heterocycles. The van der Waals surface area contributed by atoms with Gasteiger partial charge in [-0.15, -0.1) is 0 Å². The van der Waals surface area contributed by atoms with E-state index < -0.39 is 16.6 Å². The lowest BCUT2D eigenvalue weighted by atomic mass is 10.2. The summed E-state index contributed by atoms with van der Waals surface area (Å²) in [4.78, 5) is 38.5. The molecule has 0 spiro atoms. The number of hydrogen-bond donors (Lipinski definition) is 2. The third-order valence-electron chi connectivity index (χ3n) is 4.11. The Balaban J connectivity index is 1.58. The summed E-state index contributed by atoms with van der Waals surface area (Å²) in [6.45, 7) is 5.87. The molecule has 1 aromatic carbocycles. The molecule has 8 heteroatoms. The highest BCUT2D eigenvalue weighted by Crippen LogP contribution is 2.55. The highest BCUT2D eigenvalue weighted by atomic mass is 32.2. The van der Waals surface area contributed by atoms with Crippen molar-refractivity contribution in [3.05, 3.63) is 24.3 Å². The second kappa shape index (κ2) is 6.83. The van der Waals surface area contributed by atoms with E-state index in [0.29, 0.717) is 12.8 Å². The van der Waals surface area contributed by atoms with Crippen LogP contribution in [0.5, 0.6) is 0 Å². The summed E-state index contributed by atoms with van der Waals surface area (Å²) in [7, 11) is 0. The Bertz CT molecular complexity index is 746. The van der Waals surface area contributed by atoms with Gasteiger partial charge in [0, 0.05) is 24.4 Å². The van der Waals surface area contributed by atoms with Gasteiger partial charge in [-0.2, -0.15) is 0 Å². The fraction of sp³-hybridized carbons (Fsp3) is 0.500. The predicted molar refractivity (Wildman–Crippen MR) is 99.0 cm³/mol. The summed E-state index contributed by atoms with van der Waals surface area (Å²) in [5.41, 5.74) is 0.227. The second-order valence-corrected chi connectivity index (χ2v) is 8.59. The minimum Gasteiger partial charge on any atom is -0.444 e. The Morgan fingerprint density at radius 2 is 1.92 bits per heavy atom. The first-order valence-corrected chi connectivity index (χ1v) is 9.41. The van der Waals surface area contributed by atoms with Crippen molar-refractivity contribution in [2.24, 2.45) is 0 Å². The summed E-state index contributed by atoms with van der Waals surface area (Å²) < 4.78 is 5.15. The number of carbonyl (C=O) groups excluding carboxylic acids is 3. The molecule has 26 heavy (non-hydrogen) atoms. The summed E-state index contributed by atoms with van der Waals surface area (Å²) in [5, 5.41) is 5.44. The fourth-order valence-electron chi connectivity index (χ4n) is 3.09. The van der Waals surface area contributed by atoms with Crippen LogP contribution in [-0.4, -0.2) is 41.5 Å². The molecule has 0 bridgehead atoms. The Kier molecular flexibility index (Phi) is 4.88. The van der Waals surface area contributed by atoms with Crippen molar-refractivity contribution in [3.63, 3.8) is 0 Å². The lowest BCUT2D eigenvalue weighted by Gasteiger charge is -2.29. The van der Waals surface area contributed by atoms with E-state index in [0.717, 1.165) is 10.6 Å². The third-order valence-corrected chi connectivity index (χ3v) is 5.58. The van der Waals surface area contributed by atoms with Gasteiger partial charge in [-0.05, 0) is 39.3 Å². The summed E-state index contributed by atoms with van der Waals surface area (Å²) in [6, 6.07) is 7.55. The number of alkyl carbamates (subject to hydrolysis) is 1. The van der Waals surface area contributed by atoms with Gasteiger partial charge in [-0.3, -0.25) is 14.5 Å². The molecule has 140 valence electrons. The van der Waals surface area contributed by atoms with Crippen LogP contribution >= 0.6 is 11.8 Å². The van der Waals surface area contributed by atoms with Gasteiger partial charge in [0.1, 0.15) is 5.60 Å². The first kappa shape index (κ1) is 18.6. The number of benzene rings is 1. The number of thioether (sulfide) groups is 1. The molecule has 0 unspecified atom stereocenters. The zero-order valence-corrected chi connectivity index (χ0v) is 15.9. The zero-order chi connectivity index (χ0) is 18.9. The maximum atomic E-state index is 12.9. The van der Waals surface area contributed by atoms with Crippen LogP contribution in [0.1, 0.15) is 33.6 Å². The van der Waals surface area contributed by atoms with Crippen molar-refractivity contribution in [3.8, 4) is 0 Å². The maximum Gasteiger partial charge on any atom is 0.407 e. The average Bonchev–Trinajstić information content (AvgIpc) is 3.06. The molecule has 1 atom stereocenters. The van der Waals surface area contributed by atoms with Crippen LogP contribution in [0.2, 0.25) is 0 Å². The number of carbonyl (C=O) groups is 3. The monoisotopic (exact) mass is 377 g/mol. The zero-order valence-electron chi connectivity index (χ0n) is 15.1. The number of ether oxygens (including phenoxy) is 1. The highest BCUT2D eigenvalue weighted by Gasteiger charge is 2.57. The molecular weight excluding hydrogens is 354 g/mol. The van der Waals surface area contributed by atoms with Crippen LogP contribution in [-0.2, 0) is 14.3 Å². The minimum atomic E-state index is -0.924. The number of hydrogen-bond acceptors (Lipinski definition) is 5. The van der Waals surface area contributed by atoms with Gasteiger partial charge in [0.25, 0.3) is 5.91 Å². The number of nitrogens with zero attached hydrogens (tertiary/aromatic N) is 1. The Morgan fingerprint density at radius 3 is 2.65 bits per heavy atom. The largest absolute Gasteiger partial charge is 0.444 e. The quantitative estimate of drug-likeness (QED) is 0.786. The molecule has 7 nitrogen and oxygen atoms in total. The SMILES string of the molecule is CC(C)(C)OC(=O)NCCNC(=O)[C@@]12CCC(=O)N1c1ccccc1S2. The first-order valence-electron chi connectivity index (χ1n) is 8.59. The number of para-hydroxylation sites is 1. The smallest absolute Gasteiger partial charge is 0.407 e. The van der Waals surface area contributed by atoms with E-state index in [4.69, 9.17) is 4.74 Å². The van der Waals surface area contributed by atoms with Crippen molar-refractivity contribution in [1.82, 2.24) is 10.6 Å². The van der Waals surface area contributed by atoms with Crippen LogP contribution in [0, 0.1) is 0 Å². The van der Waals surface area contributed by atoms with E-state index in [1.54, 1.807) is 25.7 Å². The summed E-state index contributed by atoms with van der Waals surface area (Å²) in [6.07, 6.45) is 0.298. The minimum absolute atomic E-state index is 0.0375. The van der Waals surface area contributed by atoms with Crippen LogP contribution in [0.25, 0.3) is 0 Å².